The number of imide groups is 1. The number of carbonyl (C=O) groups excluding carboxylic acids is 2. The van der Waals surface area contributed by atoms with E-state index in [0.717, 1.165) is 4.90 Å². The molecular weight excluding hydrogens is 387 g/mol. The molecule has 8 heteroatoms. The number of oxime groups is 1. The molecule has 1 fully saturated rings. The van der Waals surface area contributed by atoms with E-state index in [4.69, 9.17) is 39.6 Å². The van der Waals surface area contributed by atoms with Crippen molar-refractivity contribution in [2.24, 2.45) is 11.1 Å². The zero-order valence-corrected chi connectivity index (χ0v) is 14.7. The molecule has 126 valence electrons. The van der Waals surface area contributed by atoms with E-state index in [1.807, 2.05) is 0 Å². The van der Waals surface area contributed by atoms with E-state index in [9.17, 15) is 9.59 Å². The van der Waals surface area contributed by atoms with Crippen LogP contribution in [0.3, 0.4) is 0 Å². The SMILES string of the molecule is O=C1[C@@H]2C(c3ccc(Cl)cc3)=NO[C@@H]2C(=O)N1c1cccc(Cl)c1Cl. The Morgan fingerprint density at radius 1 is 0.960 bits per heavy atom. The van der Waals surface area contributed by atoms with Crippen LogP contribution < -0.4 is 4.90 Å². The Morgan fingerprint density at radius 3 is 2.40 bits per heavy atom. The van der Waals surface area contributed by atoms with Crippen LogP contribution in [0.5, 0.6) is 0 Å². The molecule has 0 N–H and O–H groups in total. The van der Waals surface area contributed by atoms with Gasteiger partial charge in [0.05, 0.1) is 15.7 Å². The molecule has 4 rings (SSSR count). The molecule has 2 aromatic carbocycles. The van der Waals surface area contributed by atoms with Crippen molar-refractivity contribution in [2.45, 2.75) is 6.10 Å². The lowest BCUT2D eigenvalue weighted by Gasteiger charge is -2.17. The van der Waals surface area contributed by atoms with Gasteiger partial charge in [-0.1, -0.05) is 58.2 Å². The largest absolute Gasteiger partial charge is 0.381 e. The van der Waals surface area contributed by atoms with E-state index in [-0.39, 0.29) is 15.7 Å². The predicted molar refractivity (Wildman–Crippen MR) is 95.3 cm³/mol. The van der Waals surface area contributed by atoms with E-state index in [0.29, 0.717) is 16.3 Å². The molecule has 2 atom stereocenters. The van der Waals surface area contributed by atoms with Crippen molar-refractivity contribution in [3.63, 3.8) is 0 Å². The lowest BCUT2D eigenvalue weighted by atomic mass is 9.94. The van der Waals surface area contributed by atoms with E-state index in [1.54, 1.807) is 42.5 Å². The maximum atomic E-state index is 12.9. The molecule has 1 saturated heterocycles. The summed E-state index contributed by atoms with van der Waals surface area (Å²) in [6.45, 7) is 0. The molecule has 2 amide bonds. The highest BCUT2D eigenvalue weighted by Crippen LogP contribution is 2.39. The number of fused-ring (bicyclic) bond motifs is 1. The fraction of sp³-hybridized carbons (Fsp3) is 0.118. The third-order valence-electron chi connectivity index (χ3n) is 4.12. The normalized spacial score (nSPS) is 22.0. The summed E-state index contributed by atoms with van der Waals surface area (Å²) in [5.74, 6) is -1.80. The number of rotatable bonds is 2. The van der Waals surface area contributed by atoms with Gasteiger partial charge in [-0.15, -0.1) is 0 Å². The minimum Gasteiger partial charge on any atom is -0.381 e. The number of anilines is 1. The van der Waals surface area contributed by atoms with Gasteiger partial charge in [0.15, 0.2) is 0 Å². The van der Waals surface area contributed by atoms with Gasteiger partial charge < -0.3 is 4.84 Å². The van der Waals surface area contributed by atoms with Crippen LogP contribution in [0.4, 0.5) is 5.69 Å². The lowest BCUT2D eigenvalue weighted by molar-refractivity contribution is -0.126. The van der Waals surface area contributed by atoms with Gasteiger partial charge in [0.1, 0.15) is 11.6 Å². The minimum atomic E-state index is -1.01. The number of nitrogens with zero attached hydrogens (tertiary/aromatic N) is 2. The first kappa shape index (κ1) is 16.4. The summed E-state index contributed by atoms with van der Waals surface area (Å²) in [5.41, 5.74) is 1.29. The Bertz CT molecular complexity index is 927. The molecule has 2 aromatic rings. The van der Waals surface area contributed by atoms with Crippen LogP contribution in [0.15, 0.2) is 47.6 Å². The van der Waals surface area contributed by atoms with Gasteiger partial charge in [-0.2, -0.15) is 0 Å². The third kappa shape index (κ3) is 2.51. The monoisotopic (exact) mass is 394 g/mol. The van der Waals surface area contributed by atoms with Crippen LogP contribution in [-0.4, -0.2) is 23.6 Å². The van der Waals surface area contributed by atoms with Crippen molar-refractivity contribution in [3.8, 4) is 0 Å². The predicted octanol–water partition coefficient (Wildman–Crippen LogP) is 3.94. The van der Waals surface area contributed by atoms with Crippen molar-refractivity contribution in [1.29, 1.82) is 0 Å². The highest BCUT2D eigenvalue weighted by Gasteiger charge is 2.56. The Balaban J connectivity index is 1.73. The van der Waals surface area contributed by atoms with Gasteiger partial charge in [0, 0.05) is 10.6 Å². The number of hydrogen-bond acceptors (Lipinski definition) is 4. The third-order valence-corrected chi connectivity index (χ3v) is 5.19. The summed E-state index contributed by atoms with van der Waals surface area (Å²) in [4.78, 5) is 31.9. The lowest BCUT2D eigenvalue weighted by Crippen LogP contribution is -2.33. The second kappa shape index (κ2) is 6.02. The number of carbonyl (C=O) groups is 2. The molecule has 2 aliphatic heterocycles. The highest BCUT2D eigenvalue weighted by molar-refractivity contribution is 6.45. The number of halogens is 3. The summed E-state index contributed by atoms with van der Waals surface area (Å²) in [6, 6.07) is 11.6. The Morgan fingerprint density at radius 2 is 1.68 bits per heavy atom. The van der Waals surface area contributed by atoms with E-state index < -0.39 is 23.8 Å². The molecule has 0 aliphatic carbocycles. The Labute approximate surface area is 157 Å². The zero-order chi connectivity index (χ0) is 17.7. The highest BCUT2D eigenvalue weighted by atomic mass is 35.5. The topological polar surface area (TPSA) is 59.0 Å². The van der Waals surface area contributed by atoms with Crippen molar-refractivity contribution in [2.75, 3.05) is 4.90 Å². The van der Waals surface area contributed by atoms with Crippen molar-refractivity contribution < 1.29 is 14.4 Å². The summed E-state index contributed by atoms with van der Waals surface area (Å²) in [7, 11) is 0. The maximum Gasteiger partial charge on any atom is 0.279 e. The molecule has 2 aliphatic rings. The second-order valence-corrected chi connectivity index (χ2v) is 6.79. The second-order valence-electron chi connectivity index (χ2n) is 5.57. The Kier molecular flexibility index (Phi) is 3.95. The van der Waals surface area contributed by atoms with Gasteiger partial charge in [-0.05, 0) is 24.3 Å². The number of benzene rings is 2. The van der Waals surface area contributed by atoms with Crippen LogP contribution >= 0.6 is 34.8 Å². The zero-order valence-electron chi connectivity index (χ0n) is 12.4. The first-order chi connectivity index (χ1) is 12.0. The average molecular weight is 396 g/mol. The van der Waals surface area contributed by atoms with Crippen molar-refractivity contribution >= 4 is 58.0 Å². The van der Waals surface area contributed by atoms with Crippen molar-refractivity contribution in [3.05, 3.63) is 63.1 Å². The molecular formula is C17H9Cl3N2O3. The summed E-state index contributed by atoms with van der Waals surface area (Å²) in [5, 5.41) is 4.88. The van der Waals surface area contributed by atoms with Crippen LogP contribution in [-0.2, 0) is 14.4 Å². The first-order valence-corrected chi connectivity index (χ1v) is 8.44. The smallest absolute Gasteiger partial charge is 0.279 e. The quantitative estimate of drug-likeness (QED) is 0.724. The number of hydrogen-bond donors (Lipinski definition) is 0. The fourth-order valence-corrected chi connectivity index (χ4v) is 3.45. The first-order valence-electron chi connectivity index (χ1n) is 7.30. The van der Waals surface area contributed by atoms with Crippen molar-refractivity contribution in [1.82, 2.24) is 0 Å². The van der Waals surface area contributed by atoms with Gasteiger partial charge in [-0.3, -0.25) is 9.59 Å². The standard InChI is InChI=1S/C17H9Cl3N2O3/c18-9-6-4-8(5-7-9)14-12-15(25-21-14)17(24)22(16(12)23)11-3-1-2-10(19)13(11)20/h1-7,12,15H/t12-,15+/m1/s1. The molecule has 2 heterocycles. The summed E-state index contributed by atoms with van der Waals surface area (Å²) >= 11 is 18.1. The average Bonchev–Trinajstić information content (AvgIpc) is 3.13. The van der Waals surface area contributed by atoms with Gasteiger partial charge >= 0.3 is 0 Å². The van der Waals surface area contributed by atoms with Gasteiger partial charge in [0.2, 0.25) is 12.0 Å². The molecule has 25 heavy (non-hydrogen) atoms. The molecule has 5 nitrogen and oxygen atoms in total. The minimum absolute atomic E-state index is 0.135. The molecule has 0 unspecified atom stereocenters. The van der Waals surface area contributed by atoms with Gasteiger partial charge in [-0.25, -0.2) is 4.90 Å². The summed E-state index contributed by atoms with van der Waals surface area (Å²) < 4.78 is 0. The molecule has 0 bridgehead atoms. The van der Waals surface area contributed by atoms with Crippen LogP contribution in [0, 0.1) is 5.92 Å². The molecule has 0 aromatic heterocycles. The molecule has 0 spiro atoms. The van der Waals surface area contributed by atoms with E-state index >= 15 is 0 Å². The number of amides is 2. The van der Waals surface area contributed by atoms with E-state index in [1.165, 1.54) is 0 Å². The molecule has 0 radical (unpaired) electrons. The maximum absolute atomic E-state index is 12.9. The fourth-order valence-electron chi connectivity index (χ4n) is 2.94. The Hall–Kier alpha value is -2.08. The van der Waals surface area contributed by atoms with Gasteiger partial charge in [0.25, 0.3) is 5.91 Å². The van der Waals surface area contributed by atoms with Crippen LogP contribution in [0.1, 0.15) is 5.56 Å². The van der Waals surface area contributed by atoms with Crippen LogP contribution in [0.25, 0.3) is 0 Å². The van der Waals surface area contributed by atoms with E-state index in [2.05, 4.69) is 5.16 Å². The van der Waals surface area contributed by atoms with Crippen LogP contribution in [0.2, 0.25) is 15.1 Å². The molecule has 0 saturated carbocycles. The summed E-state index contributed by atoms with van der Waals surface area (Å²) in [6.07, 6.45) is -1.01.